The molecular formula is C20H24FN5O2S. The van der Waals surface area contributed by atoms with E-state index in [1.165, 1.54) is 17.4 Å². The largest absolute Gasteiger partial charge is 0.385 e. The van der Waals surface area contributed by atoms with Crippen LogP contribution in [0.15, 0.2) is 24.5 Å². The number of thiophene rings is 1. The number of fused-ring (bicyclic) bond motifs is 1. The van der Waals surface area contributed by atoms with Gasteiger partial charge < -0.3 is 15.4 Å². The predicted molar refractivity (Wildman–Crippen MR) is 112 cm³/mol. The first-order valence-electron chi connectivity index (χ1n) is 9.40. The summed E-state index contributed by atoms with van der Waals surface area (Å²) in [5, 5.41) is 6.06. The number of halogens is 1. The van der Waals surface area contributed by atoms with Gasteiger partial charge in [-0.05, 0) is 44.4 Å². The molecule has 0 aliphatic heterocycles. The second-order valence-corrected chi connectivity index (χ2v) is 7.98. The van der Waals surface area contributed by atoms with E-state index >= 15 is 0 Å². The van der Waals surface area contributed by atoms with Crippen molar-refractivity contribution in [3.8, 4) is 0 Å². The fourth-order valence-electron chi connectivity index (χ4n) is 2.87. The lowest BCUT2D eigenvalue weighted by Crippen LogP contribution is -2.26. The molecule has 7 nitrogen and oxygen atoms in total. The highest BCUT2D eigenvalue weighted by atomic mass is 32.1. The fraction of sp³-hybridized carbons (Fsp3) is 0.400. The number of ether oxygens (including phenoxy) is 1. The van der Waals surface area contributed by atoms with Gasteiger partial charge >= 0.3 is 0 Å². The number of amides is 1. The molecule has 0 bridgehead atoms. The van der Waals surface area contributed by atoms with Crippen LogP contribution in [0, 0.1) is 12.7 Å². The maximum absolute atomic E-state index is 13.5. The highest BCUT2D eigenvalue weighted by Gasteiger charge is 2.18. The van der Waals surface area contributed by atoms with Crippen LogP contribution in [0.5, 0.6) is 0 Å². The van der Waals surface area contributed by atoms with Gasteiger partial charge in [-0.2, -0.15) is 0 Å². The van der Waals surface area contributed by atoms with E-state index in [1.807, 2.05) is 19.9 Å². The molecule has 3 aromatic rings. The number of aromatic nitrogens is 3. The van der Waals surface area contributed by atoms with Crippen LogP contribution >= 0.6 is 11.3 Å². The molecule has 3 aromatic heterocycles. The van der Waals surface area contributed by atoms with Crippen molar-refractivity contribution < 1.29 is 13.9 Å². The van der Waals surface area contributed by atoms with Gasteiger partial charge in [-0.15, -0.1) is 11.3 Å². The molecule has 0 aromatic carbocycles. The van der Waals surface area contributed by atoms with Crippen LogP contribution in [0.25, 0.3) is 10.2 Å². The average Bonchev–Trinajstić information content (AvgIpc) is 3.07. The van der Waals surface area contributed by atoms with Gasteiger partial charge in [-0.25, -0.2) is 14.4 Å². The molecule has 1 unspecified atom stereocenters. The molecule has 0 saturated carbocycles. The number of carbonyl (C=O) groups excluding carboxylic acids is 1. The van der Waals surface area contributed by atoms with Crippen LogP contribution in [0.1, 0.15) is 46.7 Å². The van der Waals surface area contributed by atoms with Crippen molar-refractivity contribution in [2.75, 3.05) is 25.6 Å². The predicted octanol–water partition coefficient (Wildman–Crippen LogP) is 3.86. The Morgan fingerprint density at radius 2 is 2.10 bits per heavy atom. The van der Waals surface area contributed by atoms with Crippen LogP contribution in [0.3, 0.4) is 0 Å². The van der Waals surface area contributed by atoms with Crippen molar-refractivity contribution >= 4 is 33.4 Å². The minimum Gasteiger partial charge on any atom is -0.385 e. The average molecular weight is 418 g/mol. The molecule has 0 spiro atoms. The summed E-state index contributed by atoms with van der Waals surface area (Å²) in [6, 6.07) is 3.06. The molecule has 1 atom stereocenters. The quantitative estimate of drug-likeness (QED) is 0.514. The van der Waals surface area contributed by atoms with Crippen molar-refractivity contribution in [3.63, 3.8) is 0 Å². The number of hydrogen-bond donors (Lipinski definition) is 2. The zero-order valence-corrected chi connectivity index (χ0v) is 17.5. The highest BCUT2D eigenvalue weighted by Crippen LogP contribution is 2.28. The maximum atomic E-state index is 13.5. The third-order valence-electron chi connectivity index (χ3n) is 4.34. The van der Waals surface area contributed by atoms with Gasteiger partial charge in [0.25, 0.3) is 5.91 Å². The minimum atomic E-state index is -0.408. The van der Waals surface area contributed by atoms with Gasteiger partial charge in [-0.3, -0.25) is 9.78 Å². The lowest BCUT2D eigenvalue weighted by molar-refractivity contribution is 0.0948. The zero-order chi connectivity index (χ0) is 20.8. The first-order valence-corrected chi connectivity index (χ1v) is 10.2. The molecule has 0 radical (unpaired) electrons. The van der Waals surface area contributed by atoms with Crippen molar-refractivity contribution in [1.82, 2.24) is 20.3 Å². The van der Waals surface area contributed by atoms with Gasteiger partial charge in [0.2, 0.25) is 5.95 Å². The smallest absolute Gasteiger partial charge is 0.271 e. The Morgan fingerprint density at radius 1 is 1.28 bits per heavy atom. The highest BCUT2D eigenvalue weighted by molar-refractivity contribution is 7.19. The molecule has 0 aliphatic rings. The molecule has 0 saturated heterocycles. The molecule has 29 heavy (non-hydrogen) atoms. The fourth-order valence-corrected chi connectivity index (χ4v) is 3.80. The van der Waals surface area contributed by atoms with E-state index in [-0.39, 0.29) is 11.9 Å². The SMILES string of the molecule is COCCCCNC(=O)c1nc(NC(C)c2cncc(F)c2)nc2cc(C)sc12. The van der Waals surface area contributed by atoms with Crippen LogP contribution in [-0.4, -0.2) is 41.1 Å². The summed E-state index contributed by atoms with van der Waals surface area (Å²) in [7, 11) is 1.66. The zero-order valence-electron chi connectivity index (χ0n) is 16.7. The minimum absolute atomic E-state index is 0.236. The Morgan fingerprint density at radius 3 is 2.86 bits per heavy atom. The Labute approximate surface area is 172 Å². The lowest BCUT2D eigenvalue weighted by atomic mass is 10.1. The second kappa shape index (κ2) is 9.71. The Balaban J connectivity index is 1.81. The summed E-state index contributed by atoms with van der Waals surface area (Å²) < 4.78 is 19.2. The van der Waals surface area contributed by atoms with E-state index in [0.717, 1.165) is 28.6 Å². The van der Waals surface area contributed by atoms with E-state index in [4.69, 9.17) is 4.74 Å². The molecule has 9 heteroatoms. The number of hydrogen-bond acceptors (Lipinski definition) is 7. The number of anilines is 1. The van der Waals surface area contributed by atoms with Gasteiger partial charge in [-0.1, -0.05) is 0 Å². The number of aryl methyl sites for hydroxylation is 1. The second-order valence-electron chi connectivity index (χ2n) is 6.73. The topological polar surface area (TPSA) is 89.0 Å². The Hall–Kier alpha value is -2.65. The number of nitrogens with zero attached hydrogens (tertiary/aromatic N) is 3. The van der Waals surface area contributed by atoms with Gasteiger partial charge in [0.15, 0.2) is 5.69 Å². The van der Waals surface area contributed by atoms with Crippen LogP contribution in [0.2, 0.25) is 0 Å². The molecule has 1 amide bonds. The first kappa shape index (κ1) is 21.1. The number of nitrogens with one attached hydrogen (secondary N) is 2. The van der Waals surface area contributed by atoms with E-state index in [0.29, 0.717) is 35.9 Å². The van der Waals surface area contributed by atoms with Crippen LogP contribution < -0.4 is 10.6 Å². The van der Waals surface area contributed by atoms with Crippen molar-refractivity contribution in [2.24, 2.45) is 0 Å². The van der Waals surface area contributed by atoms with Crippen LogP contribution in [0.4, 0.5) is 10.3 Å². The summed E-state index contributed by atoms with van der Waals surface area (Å²) in [6.45, 7) is 5.04. The molecule has 0 aliphatic carbocycles. The first-order chi connectivity index (χ1) is 14.0. The Kier molecular flexibility index (Phi) is 7.05. The summed E-state index contributed by atoms with van der Waals surface area (Å²) in [4.78, 5) is 26.6. The van der Waals surface area contributed by atoms with Gasteiger partial charge in [0, 0.05) is 31.3 Å². The van der Waals surface area contributed by atoms with E-state index < -0.39 is 5.82 Å². The molecule has 0 fully saturated rings. The molecule has 3 heterocycles. The standard InChI is InChI=1S/C20H24FN5O2S/c1-12-8-16-18(29-12)17(19(27)23-6-4-5-7-28-3)26-20(25-16)24-13(2)14-9-15(21)11-22-10-14/h8-11,13H,4-7H2,1-3H3,(H,23,27)(H,24,25,26). The monoisotopic (exact) mass is 417 g/mol. The van der Waals surface area contributed by atoms with Crippen molar-refractivity contribution in [1.29, 1.82) is 0 Å². The van der Waals surface area contributed by atoms with Crippen molar-refractivity contribution in [2.45, 2.75) is 32.7 Å². The lowest BCUT2D eigenvalue weighted by Gasteiger charge is -2.15. The maximum Gasteiger partial charge on any atom is 0.271 e. The number of methoxy groups -OCH3 is 1. The molecule has 3 rings (SSSR count). The number of carbonyl (C=O) groups is 1. The number of pyridine rings is 1. The number of unbranched alkanes of at least 4 members (excludes halogenated alkanes) is 1. The third-order valence-corrected chi connectivity index (χ3v) is 5.39. The molecule has 154 valence electrons. The third kappa shape index (κ3) is 5.45. The van der Waals surface area contributed by atoms with Gasteiger partial charge in [0.1, 0.15) is 5.82 Å². The summed E-state index contributed by atoms with van der Waals surface area (Å²) >= 11 is 1.49. The Bertz CT molecular complexity index is 994. The molecular weight excluding hydrogens is 393 g/mol. The van der Waals surface area contributed by atoms with Crippen LogP contribution in [-0.2, 0) is 4.74 Å². The van der Waals surface area contributed by atoms with E-state index in [2.05, 4.69) is 25.6 Å². The van der Waals surface area contributed by atoms with E-state index in [1.54, 1.807) is 13.3 Å². The van der Waals surface area contributed by atoms with Gasteiger partial charge in [0.05, 0.1) is 22.5 Å². The summed E-state index contributed by atoms with van der Waals surface area (Å²) in [5.74, 6) is -0.328. The summed E-state index contributed by atoms with van der Waals surface area (Å²) in [5.41, 5.74) is 1.71. The van der Waals surface area contributed by atoms with E-state index in [9.17, 15) is 9.18 Å². The molecule has 2 N–H and O–H groups in total. The van der Waals surface area contributed by atoms with Crippen molar-refractivity contribution in [3.05, 3.63) is 46.5 Å². The number of rotatable bonds is 9. The normalized spacial score (nSPS) is 12.1. The summed E-state index contributed by atoms with van der Waals surface area (Å²) in [6.07, 6.45) is 4.44.